The van der Waals surface area contributed by atoms with Crippen molar-refractivity contribution in [2.75, 3.05) is 19.6 Å². The second kappa shape index (κ2) is 5.10. The van der Waals surface area contributed by atoms with Crippen LogP contribution in [0, 0.1) is 17.5 Å². The molecule has 2 N–H and O–H groups in total. The zero-order valence-corrected chi connectivity index (χ0v) is 10.8. The Labute approximate surface area is 114 Å². The van der Waals surface area contributed by atoms with Crippen molar-refractivity contribution in [2.24, 2.45) is 0 Å². The molecule has 0 amide bonds. The van der Waals surface area contributed by atoms with E-state index in [4.69, 9.17) is 0 Å². The van der Waals surface area contributed by atoms with Crippen molar-refractivity contribution in [1.29, 1.82) is 0 Å². The van der Waals surface area contributed by atoms with E-state index in [0.29, 0.717) is 31.1 Å². The first-order valence-electron chi connectivity index (χ1n) is 6.60. The van der Waals surface area contributed by atoms with Gasteiger partial charge in [-0.05, 0) is 18.4 Å². The number of hydrogen-bond acceptors (Lipinski definition) is 2. The van der Waals surface area contributed by atoms with E-state index in [1.807, 2.05) is 0 Å². The molecule has 108 valence electrons. The van der Waals surface area contributed by atoms with Crippen molar-refractivity contribution in [2.45, 2.75) is 18.9 Å². The van der Waals surface area contributed by atoms with Crippen LogP contribution in [0.3, 0.4) is 0 Å². The van der Waals surface area contributed by atoms with Crippen LogP contribution in [-0.2, 0) is 6.42 Å². The number of aliphatic hydroxyl groups excluding tert-OH is 1. The smallest absolute Gasteiger partial charge is 0.183 e. The second-order valence-electron chi connectivity index (χ2n) is 5.21. The lowest BCUT2D eigenvalue weighted by Gasteiger charge is -2.14. The maximum Gasteiger partial charge on any atom is 0.183 e. The largest absolute Gasteiger partial charge is 0.392 e. The minimum Gasteiger partial charge on any atom is -0.392 e. The van der Waals surface area contributed by atoms with Gasteiger partial charge in [-0.25, -0.2) is 13.2 Å². The highest BCUT2D eigenvalue weighted by atomic mass is 19.2. The summed E-state index contributed by atoms with van der Waals surface area (Å²) in [6.07, 6.45) is 2.47. The van der Waals surface area contributed by atoms with Gasteiger partial charge in [-0.1, -0.05) is 0 Å². The summed E-state index contributed by atoms with van der Waals surface area (Å²) >= 11 is 0. The molecule has 1 aliphatic rings. The van der Waals surface area contributed by atoms with Gasteiger partial charge in [0.2, 0.25) is 0 Å². The average molecular weight is 284 g/mol. The molecular formula is C14H15F3N2O. The molecule has 0 saturated carbocycles. The van der Waals surface area contributed by atoms with Crippen LogP contribution in [-0.4, -0.2) is 40.7 Å². The summed E-state index contributed by atoms with van der Waals surface area (Å²) < 4.78 is 40.5. The molecule has 0 aliphatic carbocycles. The van der Waals surface area contributed by atoms with Gasteiger partial charge in [0.25, 0.3) is 0 Å². The summed E-state index contributed by atoms with van der Waals surface area (Å²) in [5.74, 6) is -2.99. The second-order valence-corrected chi connectivity index (χ2v) is 5.21. The fourth-order valence-corrected chi connectivity index (χ4v) is 2.77. The number of fused-ring (bicyclic) bond motifs is 1. The highest BCUT2D eigenvalue weighted by molar-refractivity contribution is 5.84. The summed E-state index contributed by atoms with van der Waals surface area (Å²) in [6.45, 7) is 2.06. The molecule has 1 unspecified atom stereocenters. The lowest BCUT2D eigenvalue weighted by atomic mass is 10.1. The number of H-pyrrole nitrogens is 1. The van der Waals surface area contributed by atoms with Gasteiger partial charge in [0, 0.05) is 37.3 Å². The third kappa shape index (κ3) is 2.29. The number of β-amino-alcohol motifs (C(OH)–C–C–N with tert-alkyl or cyclic N) is 1. The summed E-state index contributed by atoms with van der Waals surface area (Å²) in [6, 6.07) is 0.578. The molecule has 6 heteroatoms. The molecule has 1 saturated heterocycles. The number of aliphatic hydroxyl groups is 1. The molecule has 1 atom stereocenters. The third-order valence-corrected chi connectivity index (χ3v) is 3.83. The molecule has 1 aromatic heterocycles. The summed E-state index contributed by atoms with van der Waals surface area (Å²) in [7, 11) is 0. The van der Waals surface area contributed by atoms with E-state index in [1.54, 1.807) is 0 Å². The van der Waals surface area contributed by atoms with Gasteiger partial charge in [-0.2, -0.15) is 0 Å². The van der Waals surface area contributed by atoms with Crippen LogP contribution in [0.15, 0.2) is 12.3 Å². The van der Waals surface area contributed by atoms with Gasteiger partial charge in [-0.15, -0.1) is 0 Å². The van der Waals surface area contributed by atoms with Crippen molar-refractivity contribution >= 4 is 10.9 Å². The lowest BCUT2D eigenvalue weighted by Crippen LogP contribution is -2.24. The first-order valence-corrected chi connectivity index (χ1v) is 6.60. The number of aromatic amines is 1. The van der Waals surface area contributed by atoms with Crippen molar-refractivity contribution < 1.29 is 18.3 Å². The molecule has 20 heavy (non-hydrogen) atoms. The number of likely N-dealkylation sites (tertiary alicyclic amines) is 1. The van der Waals surface area contributed by atoms with Gasteiger partial charge in [0.05, 0.1) is 11.6 Å². The third-order valence-electron chi connectivity index (χ3n) is 3.83. The van der Waals surface area contributed by atoms with E-state index in [0.717, 1.165) is 13.0 Å². The molecule has 3 nitrogen and oxygen atoms in total. The molecule has 0 bridgehead atoms. The maximum absolute atomic E-state index is 13.8. The number of hydrogen-bond donors (Lipinski definition) is 2. The Hall–Kier alpha value is -1.53. The molecule has 1 aliphatic heterocycles. The summed E-state index contributed by atoms with van der Waals surface area (Å²) in [4.78, 5) is 4.67. The van der Waals surface area contributed by atoms with Gasteiger partial charge >= 0.3 is 0 Å². The highest BCUT2D eigenvalue weighted by Crippen LogP contribution is 2.26. The van der Waals surface area contributed by atoms with Gasteiger partial charge in [0.15, 0.2) is 11.6 Å². The fraction of sp³-hybridized carbons (Fsp3) is 0.429. The normalized spacial score (nSPS) is 20.1. The van der Waals surface area contributed by atoms with Crippen LogP contribution < -0.4 is 0 Å². The fourth-order valence-electron chi connectivity index (χ4n) is 2.77. The van der Waals surface area contributed by atoms with Crippen LogP contribution >= 0.6 is 0 Å². The predicted molar refractivity (Wildman–Crippen MR) is 68.9 cm³/mol. The Balaban J connectivity index is 1.84. The minimum atomic E-state index is -1.19. The molecular weight excluding hydrogens is 269 g/mol. The van der Waals surface area contributed by atoms with Gasteiger partial charge in [0.1, 0.15) is 5.82 Å². The van der Waals surface area contributed by atoms with E-state index in [2.05, 4.69) is 9.88 Å². The Kier molecular flexibility index (Phi) is 3.43. The number of benzene rings is 1. The number of rotatable bonds is 3. The van der Waals surface area contributed by atoms with Crippen molar-refractivity contribution in [3.63, 3.8) is 0 Å². The predicted octanol–water partition coefficient (Wildman–Crippen LogP) is 2.19. The molecule has 3 rings (SSSR count). The van der Waals surface area contributed by atoms with Crippen LogP contribution in [0.5, 0.6) is 0 Å². The van der Waals surface area contributed by atoms with Crippen LogP contribution in [0.25, 0.3) is 10.9 Å². The molecule has 0 spiro atoms. The minimum absolute atomic E-state index is 0.114. The van der Waals surface area contributed by atoms with Crippen LogP contribution in [0.1, 0.15) is 12.0 Å². The van der Waals surface area contributed by atoms with E-state index in [-0.39, 0.29) is 17.0 Å². The molecule has 0 radical (unpaired) electrons. The Morgan fingerprint density at radius 1 is 1.30 bits per heavy atom. The first kappa shape index (κ1) is 13.5. The Bertz CT molecular complexity index is 641. The Morgan fingerprint density at radius 2 is 2.10 bits per heavy atom. The van der Waals surface area contributed by atoms with Crippen molar-refractivity contribution in [1.82, 2.24) is 9.88 Å². The van der Waals surface area contributed by atoms with E-state index in [9.17, 15) is 18.3 Å². The number of nitrogens with one attached hydrogen (secondary N) is 1. The number of nitrogens with zero attached hydrogens (tertiary/aromatic N) is 1. The summed E-state index contributed by atoms with van der Waals surface area (Å²) in [5, 5.41) is 9.55. The lowest BCUT2D eigenvalue weighted by molar-refractivity contribution is 0.177. The Morgan fingerprint density at radius 3 is 2.80 bits per heavy atom. The monoisotopic (exact) mass is 284 g/mol. The summed E-state index contributed by atoms with van der Waals surface area (Å²) in [5.41, 5.74) is 0.497. The van der Waals surface area contributed by atoms with Gasteiger partial charge in [-0.3, -0.25) is 0 Å². The molecule has 1 aromatic carbocycles. The average Bonchev–Trinajstić information content (AvgIpc) is 3.00. The zero-order valence-electron chi connectivity index (χ0n) is 10.8. The molecule has 1 fully saturated rings. The standard InChI is InChI=1S/C14H15F3N2O/c15-10-5-11(16)13(17)14-12(10)8(6-18-14)1-3-19-4-2-9(20)7-19/h5-6,9,18,20H,1-4,7H2. The van der Waals surface area contributed by atoms with E-state index in [1.165, 1.54) is 6.20 Å². The molecule has 2 heterocycles. The van der Waals surface area contributed by atoms with Crippen LogP contribution in [0.2, 0.25) is 0 Å². The topological polar surface area (TPSA) is 39.3 Å². The highest BCUT2D eigenvalue weighted by Gasteiger charge is 2.21. The zero-order chi connectivity index (χ0) is 14.3. The van der Waals surface area contributed by atoms with E-state index >= 15 is 0 Å². The number of aromatic nitrogens is 1. The van der Waals surface area contributed by atoms with Crippen LogP contribution in [0.4, 0.5) is 13.2 Å². The SMILES string of the molecule is OC1CCN(CCc2c[nH]c3c(F)c(F)cc(F)c23)C1. The number of halogens is 3. The van der Waals surface area contributed by atoms with Crippen molar-refractivity contribution in [3.05, 3.63) is 35.3 Å². The maximum atomic E-state index is 13.8. The van der Waals surface area contributed by atoms with E-state index < -0.39 is 17.5 Å². The van der Waals surface area contributed by atoms with Crippen molar-refractivity contribution in [3.8, 4) is 0 Å². The first-order chi connectivity index (χ1) is 9.56. The van der Waals surface area contributed by atoms with Gasteiger partial charge < -0.3 is 15.0 Å². The molecule has 2 aromatic rings. The quantitative estimate of drug-likeness (QED) is 0.848.